The molecule has 4 aliphatic carbocycles. The van der Waals surface area contributed by atoms with Crippen LogP contribution >= 0.6 is 0 Å². The van der Waals surface area contributed by atoms with Crippen molar-refractivity contribution in [3.8, 4) is 0 Å². The summed E-state index contributed by atoms with van der Waals surface area (Å²) in [6.45, 7) is 12.0. The molecular formula is C35H47F2NO9. The molecule has 0 spiro atoms. The van der Waals surface area contributed by atoms with Crippen molar-refractivity contribution < 1.29 is 52.0 Å². The van der Waals surface area contributed by atoms with E-state index in [2.05, 4.69) is 0 Å². The van der Waals surface area contributed by atoms with Gasteiger partial charge in [0.1, 0.15) is 11.8 Å². The van der Waals surface area contributed by atoms with E-state index < -0.39 is 99.9 Å². The van der Waals surface area contributed by atoms with Crippen LogP contribution in [-0.4, -0.2) is 94.4 Å². The summed E-state index contributed by atoms with van der Waals surface area (Å²) in [4.78, 5) is 53.6. The number of ketones is 2. The number of aliphatic hydroxyl groups excluding tert-OH is 1. The van der Waals surface area contributed by atoms with Crippen molar-refractivity contribution in [3.05, 3.63) is 23.8 Å². The molecule has 0 aromatic rings. The quantitative estimate of drug-likeness (QED) is 0.431. The first-order chi connectivity index (χ1) is 21.7. The minimum absolute atomic E-state index is 0.0212. The average Bonchev–Trinajstić information content (AvgIpc) is 3.39. The Hall–Kier alpha value is -2.70. The Morgan fingerprint density at radius 2 is 1.74 bits per heavy atom. The van der Waals surface area contributed by atoms with Crippen molar-refractivity contribution >= 4 is 23.6 Å². The van der Waals surface area contributed by atoms with Gasteiger partial charge in [-0.2, -0.15) is 0 Å². The molecule has 0 aromatic heterocycles. The van der Waals surface area contributed by atoms with Crippen LogP contribution in [0.2, 0.25) is 0 Å². The van der Waals surface area contributed by atoms with Gasteiger partial charge in [-0.25, -0.2) is 13.6 Å². The van der Waals surface area contributed by atoms with Gasteiger partial charge in [-0.1, -0.05) is 13.0 Å². The molecule has 0 radical (unpaired) electrons. The third-order valence-corrected chi connectivity index (χ3v) is 11.9. The summed E-state index contributed by atoms with van der Waals surface area (Å²) in [6.07, 6.45) is -0.400. The monoisotopic (exact) mass is 663 g/mol. The first kappa shape index (κ1) is 34.2. The molecule has 5 fully saturated rings. The van der Waals surface area contributed by atoms with Crippen molar-refractivity contribution in [2.75, 3.05) is 19.7 Å². The van der Waals surface area contributed by atoms with Gasteiger partial charge in [-0.15, -0.1) is 0 Å². The fraction of sp³-hybridized carbons (Fsp3) is 0.771. The third-order valence-electron chi connectivity index (χ3n) is 11.9. The molecule has 6 aliphatic rings. The smallest absolute Gasteiger partial charge is 0.410 e. The van der Waals surface area contributed by atoms with Crippen LogP contribution in [0.15, 0.2) is 23.8 Å². The number of halogens is 2. The second kappa shape index (κ2) is 10.9. The zero-order chi connectivity index (χ0) is 34.5. The summed E-state index contributed by atoms with van der Waals surface area (Å²) in [6, 6.07) is 0. The molecule has 1 N–H and O–H groups in total. The van der Waals surface area contributed by atoms with E-state index in [4.69, 9.17) is 18.9 Å². The van der Waals surface area contributed by atoms with E-state index in [0.29, 0.717) is 25.9 Å². The normalized spacial score (nSPS) is 42.5. The summed E-state index contributed by atoms with van der Waals surface area (Å²) < 4.78 is 57.2. The van der Waals surface area contributed by atoms with Gasteiger partial charge in [-0.05, 0) is 97.3 Å². The number of likely N-dealkylation sites (tertiary alicyclic amines) is 1. The number of aliphatic hydroxyl groups is 1. The topological polar surface area (TPSA) is 129 Å². The Kier molecular flexibility index (Phi) is 7.93. The summed E-state index contributed by atoms with van der Waals surface area (Å²) in [5, 5.41) is 11.7. The van der Waals surface area contributed by atoms with Crippen molar-refractivity contribution in [3.63, 3.8) is 0 Å². The van der Waals surface area contributed by atoms with Crippen molar-refractivity contribution in [2.45, 2.75) is 122 Å². The number of amides is 1. The largest absolute Gasteiger partial charge is 0.457 e. The number of nitrogens with zero attached hydrogens (tertiary/aromatic N) is 1. The average molecular weight is 664 g/mol. The van der Waals surface area contributed by atoms with Crippen molar-refractivity contribution in [1.29, 1.82) is 0 Å². The Bertz CT molecular complexity index is 1430. The van der Waals surface area contributed by atoms with Gasteiger partial charge >= 0.3 is 12.1 Å². The lowest BCUT2D eigenvalue weighted by atomic mass is 9.44. The Balaban J connectivity index is 1.22. The number of piperidine rings is 1. The first-order valence-electron chi connectivity index (χ1n) is 16.7. The molecule has 47 heavy (non-hydrogen) atoms. The lowest BCUT2D eigenvalue weighted by molar-refractivity contribution is -0.249. The predicted octanol–water partition coefficient (Wildman–Crippen LogP) is 4.56. The maximum Gasteiger partial charge on any atom is 0.410 e. The molecule has 12 heteroatoms. The standard InChI is InChI=1S/C35H47F2NO9/c1-30(2,3)46-29(43)38-12-9-19(10-13-38)28(42)44-18-26(41)35-27(45-31(4,5)47-35)16-21-22-15-24(36)23-14-20(39)8-11-32(23,6)34(22,37)25(40)17-33(21,35)7/h8,11,14,19,21-22,24-25,27,40H,9-10,12-13,15-18H2,1-7H3/t21-,22-,24-,25-,27+,32-,33-,34-,35+/m0/s1. The highest BCUT2D eigenvalue weighted by Crippen LogP contribution is 2.72. The lowest BCUT2D eigenvalue weighted by Crippen LogP contribution is -2.71. The molecule has 2 saturated heterocycles. The third kappa shape index (κ3) is 5.02. The molecule has 3 saturated carbocycles. The summed E-state index contributed by atoms with van der Waals surface area (Å²) in [7, 11) is 0. The fourth-order valence-electron chi connectivity index (χ4n) is 9.79. The van der Waals surface area contributed by atoms with Gasteiger partial charge in [0.25, 0.3) is 0 Å². The molecule has 2 heterocycles. The van der Waals surface area contributed by atoms with E-state index in [1.165, 1.54) is 19.1 Å². The maximum absolute atomic E-state index is 17.6. The number of fused-ring (bicyclic) bond motifs is 7. The zero-order valence-corrected chi connectivity index (χ0v) is 28.3. The van der Waals surface area contributed by atoms with Gasteiger partial charge in [0, 0.05) is 29.8 Å². The molecular weight excluding hydrogens is 616 g/mol. The number of Topliss-reactive ketones (excluding diaryl/α,β-unsaturated/α-hetero) is 1. The summed E-state index contributed by atoms with van der Waals surface area (Å²) in [5.74, 6) is -4.93. The van der Waals surface area contributed by atoms with E-state index >= 15 is 8.78 Å². The van der Waals surface area contributed by atoms with Gasteiger partial charge in [0.05, 0.1) is 18.1 Å². The van der Waals surface area contributed by atoms with Gasteiger partial charge in [0.2, 0.25) is 5.78 Å². The molecule has 0 unspecified atom stereocenters. The molecule has 0 bridgehead atoms. The van der Waals surface area contributed by atoms with Crippen LogP contribution < -0.4 is 0 Å². The SMILES string of the molecule is CC(C)(C)OC(=O)N1CCC(C(=O)OCC(=O)[C@@]23OC(C)(C)O[C@@H]2C[C@H]2[C@@H]4C[C@H](F)C5=CC(=O)C=C[C@]5(C)[C@@]4(F)[C@@H](O)C[C@@]23C)CC1. The molecule has 9 atom stereocenters. The highest BCUT2D eigenvalue weighted by molar-refractivity contribution is 6.01. The highest BCUT2D eigenvalue weighted by atomic mass is 19.1. The minimum atomic E-state index is -2.32. The molecule has 6 rings (SSSR count). The summed E-state index contributed by atoms with van der Waals surface area (Å²) >= 11 is 0. The number of alkyl halides is 2. The molecule has 1 amide bonds. The van der Waals surface area contributed by atoms with E-state index in [1.807, 2.05) is 0 Å². The van der Waals surface area contributed by atoms with Crippen LogP contribution in [0, 0.1) is 28.6 Å². The maximum atomic E-state index is 17.6. The van der Waals surface area contributed by atoms with Crippen LogP contribution in [0.1, 0.15) is 80.6 Å². The number of carbonyl (C=O) groups is 4. The molecule has 10 nitrogen and oxygen atoms in total. The molecule has 0 aromatic carbocycles. The van der Waals surface area contributed by atoms with Crippen LogP contribution in [0.4, 0.5) is 13.6 Å². The number of carbonyl (C=O) groups excluding carboxylic acids is 4. The van der Waals surface area contributed by atoms with E-state index in [-0.39, 0.29) is 24.8 Å². The second-order valence-corrected chi connectivity index (χ2v) is 16.2. The van der Waals surface area contributed by atoms with Crippen molar-refractivity contribution in [2.24, 2.45) is 28.6 Å². The Labute approximate surface area is 274 Å². The van der Waals surface area contributed by atoms with E-state index in [0.717, 1.165) is 6.08 Å². The molecule has 260 valence electrons. The van der Waals surface area contributed by atoms with Crippen LogP contribution in [0.25, 0.3) is 0 Å². The number of hydrogen-bond donors (Lipinski definition) is 1. The van der Waals surface area contributed by atoms with E-state index in [9.17, 15) is 24.3 Å². The first-order valence-corrected chi connectivity index (χ1v) is 16.7. The Morgan fingerprint density at radius 1 is 1.09 bits per heavy atom. The van der Waals surface area contributed by atoms with Gasteiger partial charge in [0.15, 0.2) is 29.4 Å². The lowest BCUT2D eigenvalue weighted by Gasteiger charge is -2.63. The number of rotatable bonds is 4. The van der Waals surface area contributed by atoms with Crippen LogP contribution in [-0.2, 0) is 33.3 Å². The highest BCUT2D eigenvalue weighted by Gasteiger charge is 2.80. The Morgan fingerprint density at radius 3 is 2.38 bits per heavy atom. The fourth-order valence-corrected chi connectivity index (χ4v) is 9.79. The number of allylic oxidation sites excluding steroid dienone is 4. The summed E-state index contributed by atoms with van der Waals surface area (Å²) in [5.41, 5.74) is -7.38. The number of ether oxygens (including phenoxy) is 4. The second-order valence-electron chi connectivity index (χ2n) is 16.2. The number of esters is 1. The predicted molar refractivity (Wildman–Crippen MR) is 163 cm³/mol. The van der Waals surface area contributed by atoms with E-state index in [1.54, 1.807) is 46.4 Å². The number of hydrogen-bond acceptors (Lipinski definition) is 9. The van der Waals surface area contributed by atoms with Crippen LogP contribution in [0.3, 0.4) is 0 Å². The molecule has 2 aliphatic heterocycles. The van der Waals surface area contributed by atoms with Crippen LogP contribution in [0.5, 0.6) is 0 Å². The zero-order valence-electron chi connectivity index (χ0n) is 28.3. The van der Waals surface area contributed by atoms with Gasteiger partial charge in [-0.3, -0.25) is 14.4 Å². The van der Waals surface area contributed by atoms with Gasteiger partial charge < -0.3 is 29.0 Å². The van der Waals surface area contributed by atoms with Crippen molar-refractivity contribution in [1.82, 2.24) is 4.90 Å². The minimum Gasteiger partial charge on any atom is -0.457 e.